The van der Waals surface area contributed by atoms with Crippen molar-refractivity contribution in [3.63, 3.8) is 0 Å². The predicted molar refractivity (Wildman–Crippen MR) is 58.7 cm³/mol. The number of sulfonamides is 1. The Morgan fingerprint density at radius 2 is 2.00 bits per heavy atom. The fourth-order valence-electron chi connectivity index (χ4n) is 1.07. The molecule has 0 aliphatic carbocycles. The molecule has 88 valence electrons. The number of aromatic hydroxyl groups is 1. The van der Waals surface area contributed by atoms with Crippen LogP contribution in [0.1, 0.15) is 0 Å². The van der Waals surface area contributed by atoms with Crippen LogP contribution in [0.4, 0.5) is 5.69 Å². The molecule has 6 nitrogen and oxygen atoms in total. The second kappa shape index (κ2) is 4.50. The molecule has 7 heteroatoms. The van der Waals surface area contributed by atoms with Crippen molar-refractivity contribution < 1.29 is 18.3 Å². The summed E-state index contributed by atoms with van der Waals surface area (Å²) in [6.45, 7) is 0. The molecule has 1 aromatic carbocycles. The van der Waals surface area contributed by atoms with Gasteiger partial charge in [-0.05, 0) is 12.1 Å². The van der Waals surface area contributed by atoms with Gasteiger partial charge in [0, 0.05) is 20.2 Å². The predicted octanol–water partition coefficient (Wildman–Crippen LogP) is 0.211. The van der Waals surface area contributed by atoms with E-state index in [1.807, 2.05) is 0 Å². The standard InChI is InChI=1S/C9H12N2O4S/c1-11(2)16(14,15)7-3-4-8(10-6-12)9(13)5-7/h3-6,13H,1-2H3,(H,10,12). The molecule has 0 aromatic heterocycles. The smallest absolute Gasteiger partial charge is 0.242 e. The monoisotopic (exact) mass is 244 g/mol. The number of benzene rings is 1. The number of carbonyl (C=O) groups is 1. The molecule has 2 N–H and O–H groups in total. The van der Waals surface area contributed by atoms with E-state index in [1.54, 1.807) is 0 Å². The molecule has 0 saturated carbocycles. The minimum atomic E-state index is -3.57. The molecule has 0 saturated heterocycles. The van der Waals surface area contributed by atoms with Gasteiger partial charge in [0.05, 0.1) is 10.6 Å². The zero-order valence-corrected chi connectivity index (χ0v) is 9.65. The normalized spacial score (nSPS) is 11.4. The fraction of sp³-hybridized carbons (Fsp3) is 0.222. The first-order chi connectivity index (χ1) is 7.39. The zero-order chi connectivity index (χ0) is 12.3. The number of anilines is 1. The summed E-state index contributed by atoms with van der Waals surface area (Å²) in [6.07, 6.45) is 0.398. The average Bonchev–Trinajstić information content (AvgIpc) is 2.21. The lowest BCUT2D eigenvalue weighted by molar-refractivity contribution is -0.105. The largest absolute Gasteiger partial charge is 0.506 e. The second-order valence-electron chi connectivity index (χ2n) is 3.23. The van der Waals surface area contributed by atoms with Crippen LogP contribution in [0.15, 0.2) is 23.1 Å². The second-order valence-corrected chi connectivity index (χ2v) is 5.38. The molecule has 0 unspecified atom stereocenters. The van der Waals surface area contributed by atoms with Gasteiger partial charge in [-0.3, -0.25) is 4.79 Å². The summed E-state index contributed by atoms with van der Waals surface area (Å²) in [4.78, 5) is 10.1. The number of phenols is 1. The minimum absolute atomic E-state index is 0.0357. The maximum absolute atomic E-state index is 11.7. The quantitative estimate of drug-likeness (QED) is 0.585. The molecule has 16 heavy (non-hydrogen) atoms. The van der Waals surface area contributed by atoms with Crippen LogP contribution in [-0.2, 0) is 14.8 Å². The summed E-state index contributed by atoms with van der Waals surface area (Å²) in [5.74, 6) is -0.296. The third-order valence-corrected chi connectivity index (χ3v) is 3.77. The topological polar surface area (TPSA) is 86.7 Å². The number of hydrogen-bond acceptors (Lipinski definition) is 4. The fourth-order valence-corrected chi connectivity index (χ4v) is 1.99. The van der Waals surface area contributed by atoms with E-state index >= 15 is 0 Å². The number of amides is 1. The third kappa shape index (κ3) is 2.31. The van der Waals surface area contributed by atoms with E-state index in [0.29, 0.717) is 6.41 Å². The van der Waals surface area contributed by atoms with Crippen LogP contribution in [0.25, 0.3) is 0 Å². The number of nitrogens with zero attached hydrogens (tertiary/aromatic N) is 1. The molecule has 0 aliphatic heterocycles. The Morgan fingerprint density at radius 1 is 1.38 bits per heavy atom. The Hall–Kier alpha value is -1.60. The van der Waals surface area contributed by atoms with Gasteiger partial charge in [0.25, 0.3) is 0 Å². The molecular formula is C9H12N2O4S. The third-order valence-electron chi connectivity index (χ3n) is 1.96. The van der Waals surface area contributed by atoms with Gasteiger partial charge in [-0.15, -0.1) is 0 Å². The summed E-state index contributed by atoms with van der Waals surface area (Å²) in [6, 6.07) is 3.71. The van der Waals surface area contributed by atoms with E-state index in [1.165, 1.54) is 26.2 Å². The van der Waals surface area contributed by atoms with Crippen molar-refractivity contribution in [1.29, 1.82) is 0 Å². The maximum Gasteiger partial charge on any atom is 0.242 e. The van der Waals surface area contributed by atoms with Crippen LogP contribution in [0.2, 0.25) is 0 Å². The summed E-state index contributed by atoms with van der Waals surface area (Å²) < 4.78 is 24.4. The molecule has 1 aromatic rings. The lowest BCUT2D eigenvalue weighted by Crippen LogP contribution is -2.22. The molecule has 0 fully saturated rings. The van der Waals surface area contributed by atoms with E-state index in [2.05, 4.69) is 5.32 Å². The zero-order valence-electron chi connectivity index (χ0n) is 8.84. The van der Waals surface area contributed by atoms with Crippen LogP contribution in [0.3, 0.4) is 0 Å². The van der Waals surface area contributed by atoms with Gasteiger partial charge in [0.2, 0.25) is 16.4 Å². The van der Waals surface area contributed by atoms with Gasteiger partial charge in [-0.1, -0.05) is 0 Å². The van der Waals surface area contributed by atoms with E-state index in [-0.39, 0.29) is 16.3 Å². The van der Waals surface area contributed by atoms with E-state index < -0.39 is 10.0 Å². The van der Waals surface area contributed by atoms with Crippen molar-refractivity contribution >= 4 is 22.1 Å². The Balaban J connectivity index is 3.21. The first-order valence-corrected chi connectivity index (χ1v) is 5.79. The summed E-state index contributed by atoms with van der Waals surface area (Å²) >= 11 is 0. The number of nitrogens with one attached hydrogen (secondary N) is 1. The maximum atomic E-state index is 11.7. The highest BCUT2D eigenvalue weighted by Crippen LogP contribution is 2.26. The molecule has 0 spiro atoms. The number of carbonyl (C=O) groups excluding carboxylic acids is 1. The van der Waals surface area contributed by atoms with E-state index in [9.17, 15) is 18.3 Å². The lowest BCUT2D eigenvalue weighted by Gasteiger charge is -2.12. The molecule has 1 rings (SSSR count). The first-order valence-electron chi connectivity index (χ1n) is 4.35. The molecule has 0 atom stereocenters. The Bertz CT molecular complexity index is 496. The molecule has 0 radical (unpaired) electrons. The Kier molecular flexibility index (Phi) is 3.51. The summed E-state index contributed by atoms with van der Waals surface area (Å²) in [5, 5.41) is 11.7. The molecule has 0 bridgehead atoms. The van der Waals surface area contributed by atoms with Crippen LogP contribution in [0, 0.1) is 0 Å². The molecule has 0 heterocycles. The average molecular weight is 244 g/mol. The number of hydrogen-bond donors (Lipinski definition) is 2. The van der Waals surface area contributed by atoms with Gasteiger partial charge in [0.15, 0.2) is 0 Å². The van der Waals surface area contributed by atoms with Crippen molar-refractivity contribution in [2.75, 3.05) is 19.4 Å². The van der Waals surface area contributed by atoms with Crippen molar-refractivity contribution in [2.24, 2.45) is 0 Å². The van der Waals surface area contributed by atoms with Crippen LogP contribution >= 0.6 is 0 Å². The number of phenolic OH excluding ortho intramolecular Hbond substituents is 1. The van der Waals surface area contributed by atoms with Crippen molar-refractivity contribution in [1.82, 2.24) is 4.31 Å². The lowest BCUT2D eigenvalue weighted by atomic mass is 10.3. The highest BCUT2D eigenvalue weighted by Gasteiger charge is 2.18. The SMILES string of the molecule is CN(C)S(=O)(=O)c1ccc(NC=O)c(O)c1. The van der Waals surface area contributed by atoms with Crippen LogP contribution in [-0.4, -0.2) is 38.3 Å². The van der Waals surface area contributed by atoms with Gasteiger partial charge in [0.1, 0.15) is 5.75 Å². The van der Waals surface area contributed by atoms with Gasteiger partial charge in [-0.25, -0.2) is 12.7 Å². The van der Waals surface area contributed by atoms with Crippen LogP contribution < -0.4 is 5.32 Å². The molecular weight excluding hydrogens is 232 g/mol. The van der Waals surface area contributed by atoms with Gasteiger partial charge < -0.3 is 10.4 Å². The van der Waals surface area contributed by atoms with Gasteiger partial charge >= 0.3 is 0 Å². The van der Waals surface area contributed by atoms with Crippen molar-refractivity contribution in [2.45, 2.75) is 4.90 Å². The van der Waals surface area contributed by atoms with Crippen LogP contribution in [0.5, 0.6) is 5.75 Å². The van der Waals surface area contributed by atoms with E-state index in [4.69, 9.17) is 0 Å². The number of rotatable bonds is 4. The summed E-state index contributed by atoms with van der Waals surface area (Å²) in [7, 11) is -0.788. The molecule has 1 amide bonds. The highest BCUT2D eigenvalue weighted by atomic mass is 32.2. The highest BCUT2D eigenvalue weighted by molar-refractivity contribution is 7.89. The molecule has 0 aliphatic rings. The van der Waals surface area contributed by atoms with Gasteiger partial charge in [-0.2, -0.15) is 0 Å². The van der Waals surface area contributed by atoms with E-state index in [0.717, 1.165) is 10.4 Å². The van der Waals surface area contributed by atoms with Crippen molar-refractivity contribution in [3.05, 3.63) is 18.2 Å². The first kappa shape index (κ1) is 12.5. The Morgan fingerprint density at radius 3 is 2.44 bits per heavy atom. The van der Waals surface area contributed by atoms with Crippen molar-refractivity contribution in [3.8, 4) is 5.75 Å². The minimum Gasteiger partial charge on any atom is -0.506 e. The Labute approximate surface area is 93.6 Å². The summed E-state index contributed by atoms with van der Waals surface area (Å²) in [5.41, 5.74) is 0.160.